The summed E-state index contributed by atoms with van der Waals surface area (Å²) in [7, 11) is 7.13. The van der Waals surface area contributed by atoms with Crippen LogP contribution in [0.4, 0.5) is 0 Å². The van der Waals surface area contributed by atoms with E-state index in [0.717, 1.165) is 49.6 Å². The smallest absolute Gasteiger partial charge is 0.253 e. The maximum absolute atomic E-state index is 12.1. The maximum Gasteiger partial charge on any atom is 0.253 e. The summed E-state index contributed by atoms with van der Waals surface area (Å²) in [5.74, 6) is 0.870. The Labute approximate surface area is 192 Å². The Kier molecular flexibility index (Phi) is 11.6. The molecule has 1 amide bonds. The van der Waals surface area contributed by atoms with Crippen LogP contribution in [-0.2, 0) is 11.2 Å². The summed E-state index contributed by atoms with van der Waals surface area (Å²) >= 11 is 0. The number of carbonyl (C=O) groups is 1. The Morgan fingerprint density at radius 2 is 1.97 bits per heavy atom. The van der Waals surface area contributed by atoms with E-state index < -0.39 is 0 Å². The van der Waals surface area contributed by atoms with Gasteiger partial charge in [-0.2, -0.15) is 0 Å². The van der Waals surface area contributed by atoms with E-state index >= 15 is 0 Å². The van der Waals surface area contributed by atoms with Gasteiger partial charge in [-0.05, 0) is 48.8 Å². The fourth-order valence-electron chi connectivity index (χ4n) is 3.89. The van der Waals surface area contributed by atoms with Crippen molar-refractivity contribution < 1.29 is 9.53 Å². The number of carbonyl (C=O) groups excluding carboxylic acids is 1. The summed E-state index contributed by atoms with van der Waals surface area (Å²) < 4.78 is 5.32. The van der Waals surface area contributed by atoms with Crippen molar-refractivity contribution in [1.29, 1.82) is 0 Å². The predicted molar refractivity (Wildman–Crippen MR) is 130 cm³/mol. The number of amides is 1. The monoisotopic (exact) mass is 516 g/mol. The lowest BCUT2D eigenvalue weighted by Gasteiger charge is -2.30. The third-order valence-corrected chi connectivity index (χ3v) is 5.64. The molecule has 0 spiro atoms. The van der Waals surface area contributed by atoms with Gasteiger partial charge in [0.05, 0.1) is 0 Å². The fraction of sp³-hybridized carbons (Fsp3) is 0.636. The molecule has 1 aliphatic rings. The fourth-order valence-corrected chi connectivity index (χ4v) is 3.89. The van der Waals surface area contributed by atoms with Crippen LogP contribution in [0, 0.1) is 5.41 Å². The Morgan fingerprint density at radius 3 is 2.59 bits per heavy atom. The van der Waals surface area contributed by atoms with Gasteiger partial charge in [-0.1, -0.05) is 25.0 Å². The SMILES string of the molecule is CN=C(NCCc1cccc(C(=O)N(C)C)c1)NCC1(CCOC)CCCC1.I. The van der Waals surface area contributed by atoms with Crippen molar-refractivity contribution >= 4 is 35.8 Å². The zero-order chi connectivity index (χ0) is 20.4. The van der Waals surface area contributed by atoms with Crippen LogP contribution in [0.25, 0.3) is 0 Å². The lowest BCUT2D eigenvalue weighted by Crippen LogP contribution is -2.43. The number of hydrogen-bond donors (Lipinski definition) is 2. The molecule has 1 aliphatic carbocycles. The largest absolute Gasteiger partial charge is 0.385 e. The van der Waals surface area contributed by atoms with Crippen LogP contribution in [0.3, 0.4) is 0 Å². The number of nitrogens with zero attached hydrogens (tertiary/aromatic N) is 2. The molecule has 6 nitrogen and oxygen atoms in total. The van der Waals surface area contributed by atoms with Crippen LogP contribution in [0.15, 0.2) is 29.3 Å². The predicted octanol–water partition coefficient (Wildman–Crippen LogP) is 3.31. The molecular formula is C22H37IN4O2. The second kappa shape index (κ2) is 13.1. The standard InChI is InChI=1S/C22H36N4O2.HI/c1-23-21(25-17-22(13-15-28-4)11-5-6-12-22)24-14-10-18-8-7-9-19(16-18)20(27)26(2)3;/h7-9,16H,5-6,10-15,17H2,1-4H3,(H2,23,24,25);1H. The van der Waals surface area contributed by atoms with Gasteiger partial charge in [0.25, 0.3) is 5.91 Å². The van der Waals surface area contributed by atoms with E-state index in [4.69, 9.17) is 4.74 Å². The van der Waals surface area contributed by atoms with Crippen LogP contribution >= 0.6 is 24.0 Å². The van der Waals surface area contributed by atoms with Gasteiger partial charge < -0.3 is 20.3 Å². The number of benzene rings is 1. The Balaban J connectivity index is 0.00000420. The molecule has 0 saturated heterocycles. The second-order valence-corrected chi connectivity index (χ2v) is 7.95. The van der Waals surface area contributed by atoms with Crippen molar-refractivity contribution in [2.75, 3.05) is 47.9 Å². The molecular weight excluding hydrogens is 479 g/mol. The highest BCUT2D eigenvalue weighted by Gasteiger charge is 2.33. The first-order valence-corrected chi connectivity index (χ1v) is 10.2. The van der Waals surface area contributed by atoms with Gasteiger partial charge in [0.2, 0.25) is 0 Å². The summed E-state index contributed by atoms with van der Waals surface area (Å²) in [5, 5.41) is 6.91. The number of ether oxygens (including phenoxy) is 1. The van der Waals surface area contributed by atoms with E-state index in [2.05, 4.69) is 21.7 Å². The molecule has 0 unspecified atom stereocenters. The molecule has 1 fully saturated rings. The molecule has 1 saturated carbocycles. The number of guanidine groups is 1. The molecule has 29 heavy (non-hydrogen) atoms. The van der Waals surface area contributed by atoms with Gasteiger partial charge in [-0.15, -0.1) is 24.0 Å². The molecule has 0 heterocycles. The van der Waals surface area contributed by atoms with Crippen molar-refractivity contribution in [1.82, 2.24) is 15.5 Å². The van der Waals surface area contributed by atoms with Crippen molar-refractivity contribution in [2.45, 2.75) is 38.5 Å². The van der Waals surface area contributed by atoms with Crippen molar-refractivity contribution in [3.63, 3.8) is 0 Å². The average Bonchev–Trinajstić information content (AvgIpc) is 3.17. The van der Waals surface area contributed by atoms with Gasteiger partial charge in [0, 0.05) is 53.5 Å². The van der Waals surface area contributed by atoms with Crippen LogP contribution in [0.1, 0.15) is 48.0 Å². The topological polar surface area (TPSA) is 66.0 Å². The molecule has 1 aromatic rings. The number of aliphatic imine (C=N–C) groups is 1. The molecule has 7 heteroatoms. The molecule has 164 valence electrons. The normalized spacial score (nSPS) is 15.5. The summed E-state index contributed by atoms with van der Waals surface area (Å²) in [6.07, 6.45) is 7.06. The summed E-state index contributed by atoms with van der Waals surface area (Å²) in [4.78, 5) is 18.1. The molecule has 0 atom stereocenters. The summed E-state index contributed by atoms with van der Waals surface area (Å²) in [6, 6.07) is 7.83. The van der Waals surface area contributed by atoms with E-state index in [-0.39, 0.29) is 29.9 Å². The van der Waals surface area contributed by atoms with E-state index in [1.165, 1.54) is 25.7 Å². The number of hydrogen-bond acceptors (Lipinski definition) is 3. The Hall–Kier alpha value is -1.35. The van der Waals surface area contributed by atoms with E-state index in [0.29, 0.717) is 5.41 Å². The second-order valence-electron chi connectivity index (χ2n) is 7.95. The molecule has 0 radical (unpaired) electrons. The summed E-state index contributed by atoms with van der Waals surface area (Å²) in [5.41, 5.74) is 2.20. The van der Waals surface area contributed by atoms with Crippen molar-refractivity contribution in [3.8, 4) is 0 Å². The molecule has 2 rings (SSSR count). The lowest BCUT2D eigenvalue weighted by molar-refractivity contribution is 0.0827. The lowest BCUT2D eigenvalue weighted by atomic mass is 9.83. The number of methoxy groups -OCH3 is 1. The Morgan fingerprint density at radius 1 is 1.24 bits per heavy atom. The van der Waals surface area contributed by atoms with Crippen molar-refractivity contribution in [3.05, 3.63) is 35.4 Å². The van der Waals surface area contributed by atoms with Crippen LogP contribution in [0.2, 0.25) is 0 Å². The van der Waals surface area contributed by atoms with Gasteiger partial charge in [0.15, 0.2) is 5.96 Å². The summed E-state index contributed by atoms with van der Waals surface area (Å²) in [6.45, 7) is 2.52. The first-order chi connectivity index (χ1) is 13.5. The number of rotatable bonds is 9. The van der Waals surface area contributed by atoms with E-state index in [1.807, 2.05) is 25.2 Å². The third-order valence-electron chi connectivity index (χ3n) is 5.64. The van der Waals surface area contributed by atoms with Gasteiger partial charge in [-0.3, -0.25) is 9.79 Å². The highest BCUT2D eigenvalue weighted by atomic mass is 127. The average molecular weight is 516 g/mol. The molecule has 0 aromatic heterocycles. The highest BCUT2D eigenvalue weighted by Crippen LogP contribution is 2.40. The zero-order valence-electron chi connectivity index (χ0n) is 18.3. The quantitative estimate of drug-likeness (QED) is 0.300. The minimum absolute atomic E-state index is 0. The molecule has 0 aliphatic heterocycles. The zero-order valence-corrected chi connectivity index (χ0v) is 20.6. The maximum atomic E-state index is 12.1. The van der Waals surface area contributed by atoms with Gasteiger partial charge in [0.1, 0.15) is 0 Å². The van der Waals surface area contributed by atoms with Crippen molar-refractivity contribution in [2.24, 2.45) is 10.4 Å². The first kappa shape index (κ1) is 25.7. The third kappa shape index (κ3) is 8.12. The van der Waals surface area contributed by atoms with Gasteiger partial charge in [-0.25, -0.2) is 0 Å². The molecule has 1 aromatic carbocycles. The van der Waals surface area contributed by atoms with E-state index in [9.17, 15) is 4.79 Å². The molecule has 0 bridgehead atoms. The van der Waals surface area contributed by atoms with Crippen LogP contribution in [0.5, 0.6) is 0 Å². The number of nitrogens with one attached hydrogen (secondary N) is 2. The highest BCUT2D eigenvalue weighted by molar-refractivity contribution is 14.0. The van der Waals surface area contributed by atoms with Gasteiger partial charge >= 0.3 is 0 Å². The van der Waals surface area contributed by atoms with E-state index in [1.54, 1.807) is 26.1 Å². The number of halogens is 1. The Bertz CT molecular complexity index is 658. The van der Waals surface area contributed by atoms with Crippen LogP contribution < -0.4 is 10.6 Å². The minimum Gasteiger partial charge on any atom is -0.385 e. The minimum atomic E-state index is 0. The molecule has 2 N–H and O–H groups in total. The van der Waals surface area contributed by atoms with Crippen LogP contribution in [-0.4, -0.2) is 64.7 Å². The first-order valence-electron chi connectivity index (χ1n) is 10.2.